The molecule has 3 fully saturated rings. The van der Waals surface area contributed by atoms with E-state index in [-0.39, 0.29) is 70.6 Å². The summed E-state index contributed by atoms with van der Waals surface area (Å²) in [4.78, 5) is 45.4. The first-order valence-electron chi connectivity index (χ1n) is 15.2. The van der Waals surface area contributed by atoms with Gasteiger partial charge in [-0.05, 0) is 79.1 Å². The van der Waals surface area contributed by atoms with Crippen molar-refractivity contribution in [2.24, 2.45) is 50.2 Å². The van der Waals surface area contributed by atoms with Crippen molar-refractivity contribution in [3.8, 4) is 0 Å². The number of hydrogen-bond donors (Lipinski definition) is 0. The Morgan fingerprint density at radius 2 is 1.71 bits per heavy atom. The molecule has 5 aliphatic carbocycles. The van der Waals surface area contributed by atoms with Crippen LogP contribution in [-0.4, -0.2) is 45.2 Å². The average molecular weight is 566 g/mol. The van der Waals surface area contributed by atoms with E-state index in [1.807, 2.05) is 19.1 Å². The number of esters is 1. The average Bonchev–Trinajstić information content (AvgIpc) is 2.91. The van der Waals surface area contributed by atoms with Gasteiger partial charge in [0.1, 0.15) is 6.79 Å². The predicted molar refractivity (Wildman–Crippen MR) is 154 cm³/mol. The van der Waals surface area contributed by atoms with E-state index in [4.69, 9.17) is 20.8 Å². The van der Waals surface area contributed by atoms with Crippen LogP contribution in [0.3, 0.4) is 0 Å². The smallest absolute Gasteiger partial charge is 0.312 e. The molecule has 7 nitrogen and oxygen atoms in total. The summed E-state index contributed by atoms with van der Waals surface area (Å²) in [5, 5.41) is 0. The first kappa shape index (κ1) is 30.2. The molecule has 5 aliphatic rings. The molecule has 0 aliphatic heterocycles. The van der Waals surface area contributed by atoms with Crippen LogP contribution in [0, 0.1) is 56.8 Å². The number of fused-ring (bicyclic) bond motifs is 7. The largest absolute Gasteiger partial charge is 0.469 e. The van der Waals surface area contributed by atoms with Crippen molar-refractivity contribution < 1.29 is 28.6 Å². The van der Waals surface area contributed by atoms with E-state index >= 15 is 0 Å². The van der Waals surface area contributed by atoms with Gasteiger partial charge < -0.3 is 19.0 Å². The summed E-state index contributed by atoms with van der Waals surface area (Å²) in [5.74, 6) is -0.750. The molecule has 0 spiro atoms. The lowest BCUT2D eigenvalue weighted by molar-refractivity contribution is -0.191. The number of ketones is 2. The second-order valence-corrected chi connectivity index (χ2v) is 15.3. The molecule has 0 radical (unpaired) electrons. The van der Waals surface area contributed by atoms with Gasteiger partial charge in [-0.25, -0.2) is 4.85 Å². The highest BCUT2D eigenvalue weighted by Crippen LogP contribution is 2.74. The Balaban J connectivity index is 1.66. The van der Waals surface area contributed by atoms with Gasteiger partial charge >= 0.3 is 5.97 Å². The lowest BCUT2D eigenvalue weighted by Crippen LogP contribution is -2.66. The normalized spacial score (nSPS) is 44.7. The third kappa shape index (κ3) is 3.92. The topological polar surface area (TPSA) is 83.3 Å². The van der Waals surface area contributed by atoms with Crippen LogP contribution in [0.2, 0.25) is 0 Å². The standard InChI is InChI=1S/C34H47NO6/c1-29(2)12-14-34(28(38)40-9)15-13-33(6)26(21(34)17-29)23(36)16-25-30(3)18-22(35-7)27(37)31(4,19-41-20-39-8)24(30)10-11-32(25,33)5/h16,18,21,24,26H,10-15,17,19-20H2,1-6,8-9H3/t21-,24+,26-,30-,31-,32+,33+,34-/m0/s1. The maximum Gasteiger partial charge on any atom is 0.312 e. The molecule has 224 valence electrons. The zero-order chi connectivity index (χ0) is 30.2. The maximum atomic E-state index is 14.5. The first-order chi connectivity index (χ1) is 19.1. The van der Waals surface area contributed by atoms with E-state index in [9.17, 15) is 14.4 Å². The molecular weight excluding hydrogens is 518 g/mol. The number of methoxy groups -OCH3 is 2. The number of nitrogens with zero attached hydrogens (tertiary/aromatic N) is 1. The highest BCUT2D eigenvalue weighted by Gasteiger charge is 2.71. The molecule has 0 N–H and O–H groups in total. The van der Waals surface area contributed by atoms with Gasteiger partial charge in [-0.1, -0.05) is 53.2 Å². The molecule has 0 amide bonds. The number of Topliss-reactive ketones (excluding diaryl/α,β-unsaturated/α-hetero) is 1. The highest BCUT2D eigenvalue weighted by atomic mass is 16.7. The molecule has 0 bridgehead atoms. The molecule has 0 aromatic rings. The fourth-order valence-electron chi connectivity index (χ4n) is 10.5. The van der Waals surface area contributed by atoms with Crippen molar-refractivity contribution in [3.63, 3.8) is 0 Å². The molecule has 0 aromatic carbocycles. The van der Waals surface area contributed by atoms with Crippen molar-refractivity contribution in [3.05, 3.63) is 34.8 Å². The number of ether oxygens (including phenoxy) is 3. The molecular formula is C34H47NO6. The second-order valence-electron chi connectivity index (χ2n) is 15.3. The Kier molecular flexibility index (Phi) is 7.07. The molecule has 0 unspecified atom stereocenters. The predicted octanol–water partition coefficient (Wildman–Crippen LogP) is 6.33. The van der Waals surface area contributed by atoms with Crippen LogP contribution in [0.4, 0.5) is 0 Å². The fourth-order valence-corrected chi connectivity index (χ4v) is 10.5. The Bertz CT molecular complexity index is 1270. The zero-order valence-corrected chi connectivity index (χ0v) is 26.1. The summed E-state index contributed by atoms with van der Waals surface area (Å²) < 4.78 is 16.3. The third-order valence-corrected chi connectivity index (χ3v) is 12.9. The van der Waals surface area contributed by atoms with E-state index < -0.39 is 16.2 Å². The van der Waals surface area contributed by atoms with E-state index in [2.05, 4.69) is 39.5 Å². The number of carbonyl (C=O) groups is 3. The lowest BCUT2D eigenvalue weighted by Gasteiger charge is -2.69. The Morgan fingerprint density at radius 3 is 2.34 bits per heavy atom. The molecule has 0 heterocycles. The zero-order valence-electron chi connectivity index (χ0n) is 26.1. The Hall–Kier alpha value is -2.30. The van der Waals surface area contributed by atoms with E-state index in [1.54, 1.807) is 7.11 Å². The lowest BCUT2D eigenvalue weighted by atomic mass is 9.34. The van der Waals surface area contributed by atoms with E-state index in [0.717, 1.165) is 44.1 Å². The summed E-state index contributed by atoms with van der Waals surface area (Å²) in [5.41, 5.74) is -1.69. The third-order valence-electron chi connectivity index (χ3n) is 12.9. The second kappa shape index (κ2) is 9.61. The molecule has 8 atom stereocenters. The van der Waals surface area contributed by atoms with Gasteiger partial charge in [-0.2, -0.15) is 0 Å². The van der Waals surface area contributed by atoms with Gasteiger partial charge in [0.05, 0.1) is 25.7 Å². The fraction of sp³-hybridized carbons (Fsp3) is 0.765. The van der Waals surface area contributed by atoms with Crippen molar-refractivity contribution >= 4 is 17.5 Å². The monoisotopic (exact) mass is 565 g/mol. The minimum atomic E-state index is -0.912. The minimum Gasteiger partial charge on any atom is -0.469 e. The molecule has 3 saturated carbocycles. The van der Waals surface area contributed by atoms with Gasteiger partial charge in [0.2, 0.25) is 5.70 Å². The van der Waals surface area contributed by atoms with Crippen LogP contribution in [-0.2, 0) is 28.6 Å². The molecule has 41 heavy (non-hydrogen) atoms. The van der Waals surface area contributed by atoms with Crippen LogP contribution in [0.25, 0.3) is 4.85 Å². The van der Waals surface area contributed by atoms with E-state index in [0.29, 0.717) is 6.42 Å². The van der Waals surface area contributed by atoms with Crippen LogP contribution in [0.15, 0.2) is 23.4 Å². The number of rotatable bonds is 5. The number of hydrogen-bond acceptors (Lipinski definition) is 6. The summed E-state index contributed by atoms with van der Waals surface area (Å²) in [7, 11) is 3.03. The number of carbonyl (C=O) groups excluding carboxylic acids is 3. The van der Waals surface area contributed by atoms with Crippen LogP contribution >= 0.6 is 0 Å². The minimum absolute atomic E-state index is 0.0380. The van der Waals surface area contributed by atoms with Crippen molar-refractivity contribution in [2.45, 2.75) is 86.5 Å². The van der Waals surface area contributed by atoms with Crippen molar-refractivity contribution in [2.75, 3.05) is 27.6 Å². The molecule has 0 aromatic heterocycles. The van der Waals surface area contributed by atoms with Gasteiger partial charge in [0.15, 0.2) is 11.6 Å². The summed E-state index contributed by atoms with van der Waals surface area (Å²) >= 11 is 0. The number of allylic oxidation sites excluding steroid dienone is 4. The Labute approximate surface area is 245 Å². The summed E-state index contributed by atoms with van der Waals surface area (Å²) in [6, 6.07) is 0. The first-order valence-corrected chi connectivity index (χ1v) is 15.2. The molecule has 0 saturated heterocycles. The van der Waals surface area contributed by atoms with Gasteiger partial charge in [-0.3, -0.25) is 9.59 Å². The van der Waals surface area contributed by atoms with Gasteiger partial charge in [0, 0.05) is 23.9 Å². The summed E-state index contributed by atoms with van der Waals surface area (Å²) in [6.45, 7) is 21.2. The quantitative estimate of drug-likeness (QED) is 0.168. The summed E-state index contributed by atoms with van der Waals surface area (Å²) in [6.07, 6.45) is 9.32. The van der Waals surface area contributed by atoms with Crippen molar-refractivity contribution in [1.82, 2.24) is 0 Å². The molecule has 7 heteroatoms. The van der Waals surface area contributed by atoms with Gasteiger partial charge in [-0.15, -0.1) is 0 Å². The van der Waals surface area contributed by atoms with Crippen LogP contribution in [0.1, 0.15) is 86.5 Å². The SMILES string of the molecule is [C-]#[N+]C1=C[C@]2(C)C3=CC(=O)[C@@H]4[C@@H]5CC(C)(C)CC[C@]5(C(=O)OC)CC[C@@]4(C)[C@]3(C)CC[C@H]2[C@](C)(COCOC)C1=O. The van der Waals surface area contributed by atoms with Crippen LogP contribution in [0.5, 0.6) is 0 Å². The van der Waals surface area contributed by atoms with Crippen LogP contribution < -0.4 is 0 Å². The van der Waals surface area contributed by atoms with Crippen molar-refractivity contribution in [1.29, 1.82) is 0 Å². The Morgan fingerprint density at radius 1 is 1.02 bits per heavy atom. The highest BCUT2D eigenvalue weighted by molar-refractivity contribution is 6.03. The van der Waals surface area contributed by atoms with E-state index in [1.165, 1.54) is 7.11 Å². The maximum absolute atomic E-state index is 14.5. The van der Waals surface area contributed by atoms with Gasteiger partial charge in [0.25, 0.3) is 0 Å². The molecule has 5 rings (SSSR count).